The van der Waals surface area contributed by atoms with Gasteiger partial charge in [0.25, 0.3) is 0 Å². The fraction of sp³-hybridized carbons (Fsp3) is 0.769. The van der Waals surface area contributed by atoms with Crippen molar-refractivity contribution in [2.75, 3.05) is 11.9 Å². The minimum Gasteiger partial charge on any atom is -0.466 e. The van der Waals surface area contributed by atoms with Crippen molar-refractivity contribution in [3.05, 3.63) is 12.2 Å². The lowest BCUT2D eigenvalue weighted by atomic mass is 10.1. The van der Waals surface area contributed by atoms with Crippen LogP contribution in [0.4, 0.5) is 0 Å². The van der Waals surface area contributed by atoms with Gasteiger partial charge >= 0.3 is 5.97 Å². The Labute approximate surface area is 108 Å². The Kier molecular flexibility index (Phi) is 12.5. The molecule has 0 aliphatic heterocycles. The highest BCUT2D eigenvalue weighted by Gasteiger charge is 1.93. The maximum absolute atomic E-state index is 10.5. The highest BCUT2D eigenvalue weighted by atomic mass is 79.9. The van der Waals surface area contributed by atoms with Crippen molar-refractivity contribution in [3.63, 3.8) is 0 Å². The van der Waals surface area contributed by atoms with Gasteiger partial charge in [0.15, 0.2) is 0 Å². The molecule has 0 aromatic heterocycles. The number of ether oxygens (including phenoxy) is 1. The first kappa shape index (κ1) is 15.7. The minimum absolute atomic E-state index is 0.170. The van der Waals surface area contributed by atoms with Gasteiger partial charge in [0.1, 0.15) is 0 Å². The molecule has 0 aromatic rings. The molecule has 0 aliphatic rings. The summed E-state index contributed by atoms with van der Waals surface area (Å²) in [5, 5.41) is 1.06. The SMILES string of the molecule is CC(=O)OCCCCCCC/C=C/CCBr. The van der Waals surface area contributed by atoms with Crippen molar-refractivity contribution in [2.45, 2.75) is 51.9 Å². The maximum Gasteiger partial charge on any atom is 0.302 e. The molecule has 0 atom stereocenters. The molecule has 16 heavy (non-hydrogen) atoms. The lowest BCUT2D eigenvalue weighted by molar-refractivity contribution is -0.141. The Bertz CT molecular complexity index is 190. The van der Waals surface area contributed by atoms with E-state index in [0.29, 0.717) is 6.61 Å². The first-order valence-electron chi connectivity index (χ1n) is 6.11. The number of carbonyl (C=O) groups is 1. The second-order valence-corrected chi connectivity index (χ2v) is 4.64. The number of unbranched alkanes of at least 4 members (excludes halogenated alkanes) is 5. The van der Waals surface area contributed by atoms with Crippen LogP contribution in [-0.4, -0.2) is 17.9 Å². The lowest BCUT2D eigenvalue weighted by Crippen LogP contribution is -1.99. The van der Waals surface area contributed by atoms with E-state index in [0.717, 1.165) is 18.2 Å². The molecular weight excluding hydrogens is 268 g/mol. The van der Waals surface area contributed by atoms with Crippen LogP contribution < -0.4 is 0 Å². The predicted molar refractivity (Wildman–Crippen MR) is 71.9 cm³/mol. The summed E-state index contributed by atoms with van der Waals surface area (Å²) in [5.41, 5.74) is 0. The fourth-order valence-corrected chi connectivity index (χ4v) is 1.67. The number of allylic oxidation sites excluding steroid dienone is 2. The van der Waals surface area contributed by atoms with Gasteiger partial charge in [0.05, 0.1) is 6.61 Å². The number of alkyl halides is 1. The van der Waals surface area contributed by atoms with E-state index in [4.69, 9.17) is 4.74 Å². The van der Waals surface area contributed by atoms with Crippen molar-refractivity contribution >= 4 is 21.9 Å². The first-order valence-corrected chi connectivity index (χ1v) is 7.24. The minimum atomic E-state index is -0.170. The average Bonchev–Trinajstić information content (AvgIpc) is 2.25. The Balaban J connectivity index is 3.01. The van der Waals surface area contributed by atoms with Crippen LogP contribution in [0.25, 0.3) is 0 Å². The lowest BCUT2D eigenvalue weighted by Gasteiger charge is -2.01. The topological polar surface area (TPSA) is 26.3 Å². The zero-order chi connectivity index (χ0) is 12.1. The summed E-state index contributed by atoms with van der Waals surface area (Å²) in [6.45, 7) is 2.04. The molecular formula is C13H23BrO2. The van der Waals surface area contributed by atoms with E-state index in [2.05, 4.69) is 28.1 Å². The molecule has 0 N–H and O–H groups in total. The van der Waals surface area contributed by atoms with Crippen molar-refractivity contribution in [1.82, 2.24) is 0 Å². The molecule has 0 saturated carbocycles. The summed E-state index contributed by atoms with van der Waals surface area (Å²) in [6, 6.07) is 0. The molecule has 0 spiro atoms. The summed E-state index contributed by atoms with van der Waals surface area (Å²) in [4.78, 5) is 10.5. The smallest absolute Gasteiger partial charge is 0.302 e. The highest BCUT2D eigenvalue weighted by molar-refractivity contribution is 9.09. The number of carbonyl (C=O) groups excluding carboxylic acids is 1. The van der Waals surface area contributed by atoms with Gasteiger partial charge in [0.2, 0.25) is 0 Å². The molecule has 0 fully saturated rings. The number of hydrogen-bond donors (Lipinski definition) is 0. The van der Waals surface area contributed by atoms with Crippen LogP contribution in [0, 0.1) is 0 Å². The quantitative estimate of drug-likeness (QED) is 0.260. The second kappa shape index (κ2) is 12.8. The largest absolute Gasteiger partial charge is 0.466 e. The molecule has 2 nitrogen and oxygen atoms in total. The van der Waals surface area contributed by atoms with Gasteiger partial charge < -0.3 is 4.74 Å². The van der Waals surface area contributed by atoms with Crippen molar-refractivity contribution < 1.29 is 9.53 Å². The van der Waals surface area contributed by atoms with Gasteiger partial charge in [-0.25, -0.2) is 0 Å². The molecule has 0 rings (SSSR count). The second-order valence-electron chi connectivity index (χ2n) is 3.85. The molecule has 0 unspecified atom stereocenters. The molecule has 0 aliphatic carbocycles. The maximum atomic E-state index is 10.5. The van der Waals surface area contributed by atoms with Gasteiger partial charge in [-0.3, -0.25) is 4.79 Å². The number of esters is 1. The van der Waals surface area contributed by atoms with E-state index in [1.807, 2.05) is 0 Å². The van der Waals surface area contributed by atoms with Crippen LogP contribution in [0.5, 0.6) is 0 Å². The van der Waals surface area contributed by atoms with E-state index in [-0.39, 0.29) is 5.97 Å². The predicted octanol–water partition coefficient (Wildman–Crippen LogP) is 4.23. The third-order valence-electron chi connectivity index (χ3n) is 2.26. The summed E-state index contributed by atoms with van der Waals surface area (Å²) in [6.07, 6.45) is 12.8. The summed E-state index contributed by atoms with van der Waals surface area (Å²) in [7, 11) is 0. The fourth-order valence-electron chi connectivity index (χ4n) is 1.41. The van der Waals surface area contributed by atoms with Crippen LogP contribution in [-0.2, 0) is 9.53 Å². The molecule has 0 heterocycles. The monoisotopic (exact) mass is 290 g/mol. The van der Waals surface area contributed by atoms with Crippen LogP contribution in [0.1, 0.15) is 51.9 Å². The number of halogens is 1. The Morgan fingerprint density at radius 1 is 1.06 bits per heavy atom. The van der Waals surface area contributed by atoms with Gasteiger partial charge in [-0.15, -0.1) is 0 Å². The molecule has 0 saturated heterocycles. The molecule has 0 amide bonds. The van der Waals surface area contributed by atoms with Crippen LogP contribution in [0.3, 0.4) is 0 Å². The van der Waals surface area contributed by atoms with Crippen LogP contribution >= 0.6 is 15.9 Å². The zero-order valence-corrected chi connectivity index (χ0v) is 11.8. The molecule has 0 aromatic carbocycles. The third kappa shape index (κ3) is 13.7. The van der Waals surface area contributed by atoms with Crippen molar-refractivity contribution in [1.29, 1.82) is 0 Å². The number of rotatable bonds is 10. The summed E-state index contributed by atoms with van der Waals surface area (Å²) < 4.78 is 4.86. The van der Waals surface area contributed by atoms with Crippen LogP contribution in [0.2, 0.25) is 0 Å². The Morgan fingerprint density at radius 2 is 1.69 bits per heavy atom. The van der Waals surface area contributed by atoms with Gasteiger partial charge in [-0.2, -0.15) is 0 Å². The first-order chi connectivity index (χ1) is 7.77. The van der Waals surface area contributed by atoms with E-state index in [9.17, 15) is 4.79 Å². The third-order valence-corrected chi connectivity index (χ3v) is 2.72. The summed E-state index contributed by atoms with van der Waals surface area (Å²) in [5.74, 6) is -0.170. The normalized spacial score (nSPS) is 10.9. The van der Waals surface area contributed by atoms with Crippen molar-refractivity contribution in [3.8, 4) is 0 Å². The molecule has 94 valence electrons. The summed E-state index contributed by atoms with van der Waals surface area (Å²) >= 11 is 3.39. The van der Waals surface area contributed by atoms with Gasteiger partial charge in [0, 0.05) is 12.3 Å². The highest BCUT2D eigenvalue weighted by Crippen LogP contribution is 2.06. The van der Waals surface area contributed by atoms with Gasteiger partial charge in [-0.05, 0) is 25.7 Å². The van der Waals surface area contributed by atoms with E-state index in [1.165, 1.54) is 39.0 Å². The van der Waals surface area contributed by atoms with Crippen molar-refractivity contribution in [2.24, 2.45) is 0 Å². The van der Waals surface area contributed by atoms with Crippen LogP contribution in [0.15, 0.2) is 12.2 Å². The molecule has 0 radical (unpaired) electrons. The average molecular weight is 291 g/mol. The van der Waals surface area contributed by atoms with Gasteiger partial charge in [-0.1, -0.05) is 47.3 Å². The molecule has 0 bridgehead atoms. The Morgan fingerprint density at radius 3 is 2.38 bits per heavy atom. The number of hydrogen-bond acceptors (Lipinski definition) is 2. The van der Waals surface area contributed by atoms with E-state index >= 15 is 0 Å². The standard InChI is InChI=1S/C13H23BrO2/c1-13(15)16-12-10-8-6-4-2-3-5-7-9-11-14/h5,7H,2-4,6,8-12H2,1H3/b7-5+. The molecule has 3 heteroatoms. The Hall–Kier alpha value is -0.310. The van der Waals surface area contributed by atoms with E-state index in [1.54, 1.807) is 0 Å². The van der Waals surface area contributed by atoms with E-state index < -0.39 is 0 Å². The zero-order valence-electron chi connectivity index (χ0n) is 10.2.